The zero-order valence-electron chi connectivity index (χ0n) is 13.1. The van der Waals surface area contributed by atoms with E-state index in [1.165, 1.54) is 24.4 Å². The number of aromatic nitrogens is 2. The molecule has 3 rings (SSSR count). The van der Waals surface area contributed by atoms with Crippen LogP contribution in [0, 0.1) is 12.7 Å². The van der Waals surface area contributed by atoms with Gasteiger partial charge in [0.2, 0.25) is 0 Å². The van der Waals surface area contributed by atoms with Gasteiger partial charge < -0.3 is 5.32 Å². The number of carbonyl (C=O) groups is 2. The molecule has 0 aliphatic rings. The van der Waals surface area contributed by atoms with Crippen LogP contribution in [0.25, 0.3) is 0 Å². The summed E-state index contributed by atoms with van der Waals surface area (Å²) in [6.45, 7) is 1.67. The molecule has 0 bridgehead atoms. The van der Waals surface area contributed by atoms with Crippen molar-refractivity contribution in [2.45, 2.75) is 6.92 Å². The summed E-state index contributed by atoms with van der Waals surface area (Å²) in [4.78, 5) is 32.9. The Hall–Kier alpha value is -3.13. The first-order valence-electron chi connectivity index (χ1n) is 7.28. The monoisotopic (exact) mass is 356 g/mol. The largest absolute Gasteiger partial charge is 0.320 e. The summed E-state index contributed by atoms with van der Waals surface area (Å²) in [7, 11) is 0. The predicted molar refractivity (Wildman–Crippen MR) is 93.4 cm³/mol. The number of nitrogens with one attached hydrogen (secondary N) is 2. The Kier molecular flexibility index (Phi) is 4.80. The molecule has 0 atom stereocenters. The van der Waals surface area contributed by atoms with Gasteiger partial charge in [-0.3, -0.25) is 19.9 Å². The molecule has 6 nitrogen and oxygen atoms in total. The lowest BCUT2D eigenvalue weighted by Gasteiger charge is -2.02. The van der Waals surface area contributed by atoms with E-state index in [0.717, 1.165) is 17.4 Å². The van der Waals surface area contributed by atoms with Gasteiger partial charge in [0.15, 0.2) is 5.13 Å². The number of rotatable bonds is 4. The zero-order chi connectivity index (χ0) is 17.8. The maximum absolute atomic E-state index is 13.2. The summed E-state index contributed by atoms with van der Waals surface area (Å²) in [5.41, 5.74) is 1.22. The summed E-state index contributed by atoms with van der Waals surface area (Å²) in [5, 5.41) is 5.55. The Bertz CT molecular complexity index is 927. The second kappa shape index (κ2) is 7.18. The van der Waals surface area contributed by atoms with E-state index >= 15 is 0 Å². The third-order valence-electron chi connectivity index (χ3n) is 3.23. The van der Waals surface area contributed by atoms with E-state index in [4.69, 9.17) is 0 Å². The molecule has 2 aromatic heterocycles. The molecular weight excluding hydrogens is 343 g/mol. The zero-order valence-corrected chi connectivity index (χ0v) is 13.9. The Morgan fingerprint density at radius 1 is 1.12 bits per heavy atom. The second-order valence-corrected chi connectivity index (χ2v) is 6.09. The Morgan fingerprint density at radius 3 is 2.68 bits per heavy atom. The smallest absolute Gasteiger partial charge is 0.267 e. The minimum Gasteiger partial charge on any atom is -0.320 e. The maximum atomic E-state index is 13.2. The highest BCUT2D eigenvalue weighted by atomic mass is 32.1. The molecule has 2 N–H and O–H groups in total. The lowest BCUT2D eigenvalue weighted by molar-refractivity contribution is 0.101. The van der Waals surface area contributed by atoms with E-state index in [1.54, 1.807) is 25.3 Å². The Balaban J connectivity index is 1.74. The third-order valence-corrected chi connectivity index (χ3v) is 4.30. The molecule has 0 radical (unpaired) electrons. The number of nitrogens with zero attached hydrogens (tertiary/aromatic N) is 2. The first-order chi connectivity index (χ1) is 12.0. The van der Waals surface area contributed by atoms with Gasteiger partial charge in [-0.25, -0.2) is 9.37 Å². The molecular formula is C17H13FN4O2S. The van der Waals surface area contributed by atoms with E-state index in [9.17, 15) is 14.0 Å². The molecule has 8 heteroatoms. The van der Waals surface area contributed by atoms with Crippen LogP contribution in [-0.4, -0.2) is 21.8 Å². The second-order valence-electron chi connectivity index (χ2n) is 5.09. The van der Waals surface area contributed by atoms with Gasteiger partial charge in [-0.2, -0.15) is 0 Å². The van der Waals surface area contributed by atoms with Crippen molar-refractivity contribution in [1.82, 2.24) is 9.97 Å². The van der Waals surface area contributed by atoms with Crippen molar-refractivity contribution in [1.29, 1.82) is 0 Å². The van der Waals surface area contributed by atoms with Crippen molar-refractivity contribution in [3.8, 4) is 0 Å². The highest BCUT2D eigenvalue weighted by Gasteiger charge is 2.17. The standard InChI is InChI=1S/C17H13FN4O2S/c1-10-14(16(24)21-13-6-3-7-19-9-13)25-17(20-10)22-15(23)11-4-2-5-12(18)8-11/h2-9H,1H3,(H,21,24)(H,20,22,23). The highest BCUT2D eigenvalue weighted by molar-refractivity contribution is 7.17. The quantitative estimate of drug-likeness (QED) is 0.749. The van der Waals surface area contributed by atoms with Crippen molar-refractivity contribution in [2.75, 3.05) is 10.6 Å². The first-order valence-corrected chi connectivity index (χ1v) is 8.10. The number of hydrogen-bond donors (Lipinski definition) is 2. The van der Waals surface area contributed by atoms with Crippen LogP contribution in [0.5, 0.6) is 0 Å². The number of halogens is 1. The molecule has 0 unspecified atom stereocenters. The Labute approximate surface area is 146 Å². The molecule has 2 heterocycles. The number of amides is 2. The van der Waals surface area contributed by atoms with Crippen molar-refractivity contribution in [3.05, 3.63) is 70.7 Å². The summed E-state index contributed by atoms with van der Waals surface area (Å²) in [6, 6.07) is 8.75. The van der Waals surface area contributed by atoms with Gasteiger partial charge in [0.25, 0.3) is 11.8 Å². The van der Waals surface area contributed by atoms with Crippen molar-refractivity contribution in [2.24, 2.45) is 0 Å². The van der Waals surface area contributed by atoms with E-state index in [-0.39, 0.29) is 16.6 Å². The molecule has 3 aromatic rings. The first kappa shape index (κ1) is 16.7. The van der Waals surface area contributed by atoms with Crippen molar-refractivity contribution < 1.29 is 14.0 Å². The van der Waals surface area contributed by atoms with Crippen LogP contribution in [-0.2, 0) is 0 Å². The number of anilines is 2. The molecule has 0 spiro atoms. The Morgan fingerprint density at radius 2 is 1.96 bits per heavy atom. The van der Waals surface area contributed by atoms with Gasteiger partial charge in [0.05, 0.1) is 17.6 Å². The van der Waals surface area contributed by atoms with E-state index < -0.39 is 11.7 Å². The van der Waals surface area contributed by atoms with Crippen LogP contribution in [0.4, 0.5) is 15.2 Å². The highest BCUT2D eigenvalue weighted by Crippen LogP contribution is 2.24. The van der Waals surface area contributed by atoms with Crippen LogP contribution in [0.3, 0.4) is 0 Å². The molecule has 0 fully saturated rings. The normalized spacial score (nSPS) is 10.3. The topological polar surface area (TPSA) is 84.0 Å². The summed E-state index contributed by atoms with van der Waals surface area (Å²) in [6.07, 6.45) is 3.13. The summed E-state index contributed by atoms with van der Waals surface area (Å²) in [5.74, 6) is -1.33. The van der Waals surface area contributed by atoms with Gasteiger partial charge in [-0.05, 0) is 37.3 Å². The van der Waals surface area contributed by atoms with E-state index in [1.807, 2.05) is 0 Å². The number of aryl methyl sites for hydroxylation is 1. The maximum Gasteiger partial charge on any atom is 0.267 e. The average Bonchev–Trinajstić information content (AvgIpc) is 2.96. The van der Waals surface area contributed by atoms with Crippen LogP contribution in [0.1, 0.15) is 25.7 Å². The molecule has 1 aromatic carbocycles. The summed E-state index contributed by atoms with van der Waals surface area (Å²) < 4.78 is 13.2. The lowest BCUT2D eigenvalue weighted by atomic mass is 10.2. The van der Waals surface area contributed by atoms with E-state index in [0.29, 0.717) is 16.3 Å². The average molecular weight is 356 g/mol. The SMILES string of the molecule is Cc1nc(NC(=O)c2cccc(F)c2)sc1C(=O)Nc1cccnc1. The third kappa shape index (κ3) is 4.04. The minimum atomic E-state index is -0.500. The van der Waals surface area contributed by atoms with Crippen LogP contribution in [0.2, 0.25) is 0 Å². The number of carbonyl (C=O) groups excluding carboxylic acids is 2. The van der Waals surface area contributed by atoms with Gasteiger partial charge in [-0.15, -0.1) is 0 Å². The van der Waals surface area contributed by atoms with E-state index in [2.05, 4.69) is 20.6 Å². The predicted octanol–water partition coefficient (Wildman–Crippen LogP) is 3.49. The van der Waals surface area contributed by atoms with Gasteiger partial charge in [0.1, 0.15) is 10.7 Å². The fourth-order valence-electron chi connectivity index (χ4n) is 2.08. The number of pyridine rings is 1. The van der Waals surface area contributed by atoms with Crippen LogP contribution >= 0.6 is 11.3 Å². The van der Waals surface area contributed by atoms with Crippen molar-refractivity contribution in [3.63, 3.8) is 0 Å². The van der Waals surface area contributed by atoms with Crippen LogP contribution in [0.15, 0.2) is 48.8 Å². The molecule has 0 aliphatic carbocycles. The minimum absolute atomic E-state index is 0.175. The van der Waals surface area contributed by atoms with Crippen molar-refractivity contribution >= 4 is 34.0 Å². The fourth-order valence-corrected chi connectivity index (χ4v) is 2.94. The molecule has 0 aliphatic heterocycles. The molecule has 2 amide bonds. The van der Waals surface area contributed by atoms with Crippen LogP contribution < -0.4 is 10.6 Å². The summed E-state index contributed by atoms with van der Waals surface area (Å²) >= 11 is 1.04. The lowest BCUT2D eigenvalue weighted by Crippen LogP contribution is -2.11. The van der Waals surface area contributed by atoms with Gasteiger partial charge >= 0.3 is 0 Å². The van der Waals surface area contributed by atoms with Gasteiger partial charge in [0, 0.05) is 11.8 Å². The van der Waals surface area contributed by atoms with Gasteiger partial charge in [-0.1, -0.05) is 17.4 Å². The number of benzene rings is 1. The molecule has 126 valence electrons. The number of hydrogen-bond acceptors (Lipinski definition) is 5. The molecule has 0 saturated carbocycles. The molecule has 25 heavy (non-hydrogen) atoms. The fraction of sp³-hybridized carbons (Fsp3) is 0.0588. The molecule has 0 saturated heterocycles. The number of thiazole rings is 1.